The molecule has 12 N–H and O–H groups in total. The van der Waals surface area contributed by atoms with Gasteiger partial charge in [-0.3, -0.25) is 24.0 Å². The molecule has 17 nitrogen and oxygen atoms in total. The summed E-state index contributed by atoms with van der Waals surface area (Å²) >= 11 is 0. The van der Waals surface area contributed by atoms with Crippen molar-refractivity contribution in [2.45, 2.75) is 276 Å². The van der Waals surface area contributed by atoms with Crippen molar-refractivity contribution in [2.75, 3.05) is 13.2 Å². The summed E-state index contributed by atoms with van der Waals surface area (Å²) in [4.78, 5) is 69.1. The van der Waals surface area contributed by atoms with E-state index in [1.54, 1.807) is 26.0 Å². The van der Waals surface area contributed by atoms with Crippen LogP contribution in [0.15, 0.2) is 54.6 Å². The van der Waals surface area contributed by atoms with Crippen LogP contribution in [0, 0.1) is 34.6 Å². The normalized spacial score (nSPS) is 18.3. The molecule has 1 aliphatic rings. The topological polar surface area (TPSA) is 285 Å². The molecule has 1 aliphatic heterocycles. The van der Waals surface area contributed by atoms with Gasteiger partial charge in [-0.05, 0) is 118 Å². The second-order valence-electron chi connectivity index (χ2n) is 24.2. The summed E-state index contributed by atoms with van der Waals surface area (Å²) in [5.74, 6) is -3.41. The highest BCUT2D eigenvalue weighted by Crippen LogP contribution is 2.25. The van der Waals surface area contributed by atoms with Crippen molar-refractivity contribution in [3.8, 4) is 5.75 Å². The molecule has 0 bridgehead atoms. The van der Waals surface area contributed by atoms with E-state index in [0.717, 1.165) is 63.8 Å². The van der Waals surface area contributed by atoms with Crippen molar-refractivity contribution in [3.63, 3.8) is 0 Å². The lowest BCUT2D eigenvalue weighted by atomic mass is 9.93. The summed E-state index contributed by atoms with van der Waals surface area (Å²) in [6.45, 7) is 11.9. The first-order valence-electron chi connectivity index (χ1n) is 32.3. The molecule has 1 heterocycles. The van der Waals surface area contributed by atoms with Gasteiger partial charge in [-0.2, -0.15) is 0 Å². The molecule has 17 heteroatoms. The van der Waals surface area contributed by atoms with Crippen LogP contribution in [0.3, 0.4) is 0 Å². The smallest absolute Gasteiger partial charge is 0.252 e. The van der Waals surface area contributed by atoms with Crippen LogP contribution in [0.1, 0.15) is 212 Å². The molecule has 0 unspecified atom stereocenters. The van der Waals surface area contributed by atoms with Gasteiger partial charge in [-0.25, -0.2) is 0 Å². The first kappa shape index (κ1) is 72.0. The van der Waals surface area contributed by atoms with Crippen molar-refractivity contribution in [2.24, 2.45) is 11.5 Å². The minimum atomic E-state index is -1.74. The predicted molar refractivity (Wildman–Crippen MR) is 335 cm³/mol. The van der Waals surface area contributed by atoms with Gasteiger partial charge in [0.15, 0.2) is 12.4 Å². The van der Waals surface area contributed by atoms with E-state index in [1.807, 2.05) is 63.2 Å². The molecule has 0 radical (unpaired) electrons. The van der Waals surface area contributed by atoms with Crippen LogP contribution >= 0.6 is 0 Å². The largest absolute Gasteiger partial charge is 0.508 e. The lowest BCUT2D eigenvalue weighted by Crippen LogP contribution is -2.62. The zero-order valence-corrected chi connectivity index (χ0v) is 52.4. The number of phenolic OH excluding ortho intramolecular Hbond substituents is 1. The van der Waals surface area contributed by atoms with Crippen LogP contribution in [0.25, 0.3) is 0 Å². The molecule has 1 fully saturated rings. The maximum Gasteiger partial charge on any atom is 0.252 e. The second kappa shape index (κ2) is 40.1. The van der Waals surface area contributed by atoms with E-state index in [4.69, 9.17) is 20.9 Å². The number of rotatable bonds is 43. The molecule has 9 atom stereocenters. The van der Waals surface area contributed by atoms with Gasteiger partial charge in [0.1, 0.15) is 42.2 Å². The Morgan fingerprint density at radius 3 is 1.52 bits per heavy atom. The first-order chi connectivity index (χ1) is 40.8. The minimum Gasteiger partial charge on any atom is -0.508 e. The Kier molecular flexibility index (Phi) is 34.0. The first-order valence-corrected chi connectivity index (χ1v) is 32.3. The number of phenols is 1. The standard InChI is InChI=1S/C68H108N6O11/c1-7-8-9-10-11-12-13-14-15-16-17-18-19-20-21-22-23-24-25-26-27-33-38-84-68-61(78)59(76)60(77)62(85-68)67(83)71-37-32-31-36-56(72-64(80)55(69)44-53-49(5)41-52(75)42-50(53)6)65(81)74-58(45-54-47(3)39-46(2)40-48(54)4)66(82)73-57(63(70)79)43-51-34-29-28-30-35-51/h28-30,34-35,39-42,55-62,68,75-78H,7-27,31-33,36-38,43-45,69H2,1-6H3,(H2,70,79)(H,71,83)(H,72,80)(H,73,82)(H,74,81)/t55-,56+,57-,58-,59-,60-,61+,62-,68+/m0/s1. The third kappa shape index (κ3) is 26.6. The number of amides is 5. The highest BCUT2D eigenvalue weighted by atomic mass is 16.7. The van der Waals surface area contributed by atoms with Gasteiger partial charge in [0, 0.05) is 26.0 Å². The molecule has 0 saturated carbocycles. The highest BCUT2D eigenvalue weighted by molar-refractivity contribution is 5.95. The summed E-state index contributed by atoms with van der Waals surface area (Å²) in [6, 6.07) is 11.5. The van der Waals surface area contributed by atoms with E-state index in [2.05, 4.69) is 28.2 Å². The number of ether oxygens (including phenoxy) is 2. The number of hydrogen-bond donors (Lipinski definition) is 10. The van der Waals surface area contributed by atoms with E-state index >= 15 is 0 Å². The monoisotopic (exact) mass is 1180 g/mol. The third-order valence-electron chi connectivity index (χ3n) is 16.7. The molecule has 3 aromatic rings. The van der Waals surface area contributed by atoms with Crippen LogP contribution in [-0.4, -0.2) is 118 Å². The summed E-state index contributed by atoms with van der Waals surface area (Å²) in [5, 5.41) is 53.6. The third-order valence-corrected chi connectivity index (χ3v) is 16.7. The number of aliphatic hydroxyl groups excluding tert-OH is 3. The molecule has 4 rings (SSSR count). The van der Waals surface area contributed by atoms with Crippen LogP contribution in [0.2, 0.25) is 0 Å². The lowest BCUT2D eigenvalue weighted by Gasteiger charge is -2.39. The zero-order chi connectivity index (χ0) is 62.1. The van der Waals surface area contributed by atoms with Crippen molar-refractivity contribution >= 4 is 29.5 Å². The second-order valence-corrected chi connectivity index (χ2v) is 24.2. The van der Waals surface area contributed by atoms with Crippen LogP contribution in [0.4, 0.5) is 0 Å². The van der Waals surface area contributed by atoms with E-state index < -0.39 is 84.4 Å². The molecule has 85 heavy (non-hydrogen) atoms. The Morgan fingerprint density at radius 1 is 0.541 bits per heavy atom. The fraction of sp³-hybridized carbons (Fsp3) is 0.662. The van der Waals surface area contributed by atoms with Crippen molar-refractivity contribution in [1.82, 2.24) is 21.3 Å². The number of carbonyl (C=O) groups is 5. The van der Waals surface area contributed by atoms with Gasteiger partial charge in [0.05, 0.1) is 6.04 Å². The van der Waals surface area contributed by atoms with Crippen molar-refractivity contribution in [1.29, 1.82) is 0 Å². The number of aryl methyl sites for hydroxylation is 5. The number of carbonyl (C=O) groups excluding carboxylic acids is 5. The number of benzene rings is 3. The summed E-state index contributed by atoms with van der Waals surface area (Å²) in [5.41, 5.74) is 18.9. The van der Waals surface area contributed by atoms with E-state index in [-0.39, 0.29) is 57.4 Å². The minimum absolute atomic E-state index is 0.0369. The quantitative estimate of drug-likeness (QED) is 0.0238. The molecule has 0 aromatic heterocycles. The molecule has 5 amide bonds. The molecular weight excluding hydrogens is 1080 g/mol. The van der Waals surface area contributed by atoms with E-state index in [1.165, 1.54) is 116 Å². The van der Waals surface area contributed by atoms with Gasteiger partial charge in [-0.15, -0.1) is 0 Å². The fourth-order valence-corrected chi connectivity index (χ4v) is 11.6. The van der Waals surface area contributed by atoms with Crippen LogP contribution in [-0.2, 0) is 52.7 Å². The number of hydrogen-bond acceptors (Lipinski definition) is 12. The Bertz CT molecular complexity index is 2410. The Balaban J connectivity index is 1.27. The number of unbranched alkanes of at least 4 members (excludes halogenated alkanes) is 22. The molecular formula is C68H108N6O11. The Labute approximate surface area is 508 Å². The van der Waals surface area contributed by atoms with Gasteiger partial charge in [0.25, 0.3) is 5.91 Å². The maximum atomic E-state index is 14.6. The van der Waals surface area contributed by atoms with Crippen LogP contribution in [0.5, 0.6) is 5.75 Å². The molecule has 0 spiro atoms. The van der Waals surface area contributed by atoms with Crippen LogP contribution < -0.4 is 32.7 Å². The van der Waals surface area contributed by atoms with Gasteiger partial charge < -0.3 is 62.6 Å². The van der Waals surface area contributed by atoms with Gasteiger partial charge in [0.2, 0.25) is 23.6 Å². The average Bonchev–Trinajstić information content (AvgIpc) is 3.61. The molecule has 476 valence electrons. The van der Waals surface area contributed by atoms with E-state index in [0.29, 0.717) is 6.42 Å². The Morgan fingerprint density at radius 2 is 1.00 bits per heavy atom. The van der Waals surface area contributed by atoms with Gasteiger partial charge in [-0.1, -0.05) is 190 Å². The molecule has 1 saturated heterocycles. The predicted octanol–water partition coefficient (Wildman–Crippen LogP) is 8.94. The summed E-state index contributed by atoms with van der Waals surface area (Å²) in [7, 11) is 0. The van der Waals surface area contributed by atoms with Gasteiger partial charge >= 0.3 is 0 Å². The summed E-state index contributed by atoms with van der Waals surface area (Å²) in [6.07, 6.45) is 21.1. The number of aromatic hydroxyl groups is 1. The SMILES string of the molecule is CCCCCCCCCCCCCCCCCCCCCCCCO[C@@H]1O[C@H](C(=O)NCCCC[C@@H](NC(=O)[C@@H](N)Cc2c(C)cc(O)cc2C)C(=O)N[C@@H](Cc2c(C)cc(C)cc2C)C(=O)N[C@@H](Cc2ccccc2)C(N)=O)[C@@H](O)[C@H](O)[C@H]1O. The summed E-state index contributed by atoms with van der Waals surface area (Å²) < 4.78 is 11.6. The average molecular weight is 1190 g/mol. The molecule has 3 aromatic carbocycles. The van der Waals surface area contributed by atoms with Crippen molar-refractivity contribution in [3.05, 3.63) is 99.1 Å². The highest BCUT2D eigenvalue weighted by Gasteiger charge is 2.47. The number of nitrogens with one attached hydrogen (secondary N) is 4. The van der Waals surface area contributed by atoms with E-state index in [9.17, 15) is 44.4 Å². The lowest BCUT2D eigenvalue weighted by molar-refractivity contribution is -0.290. The Hall–Kier alpha value is -5.43. The molecule has 0 aliphatic carbocycles. The fourth-order valence-electron chi connectivity index (χ4n) is 11.6. The maximum absolute atomic E-state index is 14.6. The number of primary amides is 1. The number of aliphatic hydroxyl groups is 3. The zero-order valence-electron chi connectivity index (χ0n) is 52.4. The number of nitrogens with two attached hydrogens (primary N) is 2. The van der Waals surface area contributed by atoms with Crippen molar-refractivity contribution < 1.29 is 53.9 Å².